The summed E-state index contributed by atoms with van der Waals surface area (Å²) >= 11 is 0. The quantitative estimate of drug-likeness (QED) is 0.851. The average molecular weight is 253 g/mol. The summed E-state index contributed by atoms with van der Waals surface area (Å²) < 4.78 is 0. The number of hydrogen-bond donors (Lipinski definition) is 1. The van der Waals surface area contributed by atoms with Gasteiger partial charge in [0, 0.05) is 12.5 Å². The Bertz CT molecular complexity index is 618. The fraction of sp³-hybridized carbons (Fsp3) is 0.125. The number of carbonyl (C=O) groups excluding carboxylic acids is 2. The Morgan fingerprint density at radius 2 is 1.58 bits per heavy atom. The number of ketones is 1. The van der Waals surface area contributed by atoms with Gasteiger partial charge in [0.1, 0.15) is 0 Å². The SMILES string of the molecule is CC(=O)Nc1cc(-c2ccccc2)ccc1C(C)=O. The molecule has 0 unspecified atom stereocenters. The van der Waals surface area contributed by atoms with Crippen molar-refractivity contribution in [3.8, 4) is 11.1 Å². The molecule has 1 N–H and O–H groups in total. The van der Waals surface area contributed by atoms with Crippen molar-refractivity contribution in [1.29, 1.82) is 0 Å². The minimum absolute atomic E-state index is 0.0663. The molecule has 0 atom stereocenters. The van der Waals surface area contributed by atoms with Crippen molar-refractivity contribution < 1.29 is 9.59 Å². The summed E-state index contributed by atoms with van der Waals surface area (Å²) in [6.07, 6.45) is 0. The molecule has 0 aliphatic carbocycles. The van der Waals surface area contributed by atoms with Crippen molar-refractivity contribution in [3.63, 3.8) is 0 Å². The van der Waals surface area contributed by atoms with E-state index < -0.39 is 0 Å². The van der Waals surface area contributed by atoms with Gasteiger partial charge in [0.05, 0.1) is 5.69 Å². The van der Waals surface area contributed by atoms with Crippen LogP contribution in [0.15, 0.2) is 48.5 Å². The van der Waals surface area contributed by atoms with E-state index in [2.05, 4.69) is 5.32 Å². The van der Waals surface area contributed by atoms with E-state index in [-0.39, 0.29) is 11.7 Å². The Labute approximate surface area is 112 Å². The van der Waals surface area contributed by atoms with E-state index in [1.165, 1.54) is 13.8 Å². The van der Waals surface area contributed by atoms with Gasteiger partial charge in [-0.2, -0.15) is 0 Å². The third-order valence-electron chi connectivity index (χ3n) is 2.82. The molecule has 0 aliphatic heterocycles. The van der Waals surface area contributed by atoms with E-state index >= 15 is 0 Å². The van der Waals surface area contributed by atoms with Crippen LogP contribution in [-0.2, 0) is 4.79 Å². The molecule has 0 aromatic heterocycles. The highest BCUT2D eigenvalue weighted by molar-refractivity contribution is 6.04. The third kappa shape index (κ3) is 3.07. The highest BCUT2D eigenvalue weighted by atomic mass is 16.1. The first-order valence-corrected chi connectivity index (χ1v) is 6.06. The topological polar surface area (TPSA) is 46.2 Å². The Hall–Kier alpha value is -2.42. The second kappa shape index (κ2) is 5.48. The Balaban J connectivity index is 2.49. The van der Waals surface area contributed by atoms with E-state index in [0.717, 1.165) is 11.1 Å². The standard InChI is InChI=1S/C16H15NO2/c1-11(18)15-9-8-14(10-16(15)17-12(2)19)13-6-4-3-5-7-13/h3-10H,1-2H3,(H,17,19). The van der Waals surface area contributed by atoms with Crippen molar-refractivity contribution in [1.82, 2.24) is 0 Å². The maximum absolute atomic E-state index is 11.5. The minimum Gasteiger partial charge on any atom is -0.326 e. The maximum atomic E-state index is 11.5. The lowest BCUT2D eigenvalue weighted by molar-refractivity contribution is -0.114. The van der Waals surface area contributed by atoms with Crippen LogP contribution in [0.2, 0.25) is 0 Å². The molecule has 3 nitrogen and oxygen atoms in total. The lowest BCUT2D eigenvalue weighted by atomic mass is 10.0. The summed E-state index contributed by atoms with van der Waals surface area (Å²) in [6.45, 7) is 2.92. The van der Waals surface area contributed by atoms with Crippen molar-refractivity contribution >= 4 is 17.4 Å². The van der Waals surface area contributed by atoms with Crippen molar-refractivity contribution in [2.24, 2.45) is 0 Å². The number of anilines is 1. The van der Waals surface area contributed by atoms with Gasteiger partial charge < -0.3 is 5.32 Å². The Morgan fingerprint density at radius 1 is 0.895 bits per heavy atom. The molecule has 0 aliphatic rings. The van der Waals surface area contributed by atoms with Crippen LogP contribution in [0.3, 0.4) is 0 Å². The Morgan fingerprint density at radius 3 is 2.16 bits per heavy atom. The van der Waals surface area contributed by atoms with Crippen molar-refractivity contribution in [3.05, 3.63) is 54.1 Å². The van der Waals surface area contributed by atoms with Gasteiger partial charge in [-0.15, -0.1) is 0 Å². The first-order valence-electron chi connectivity index (χ1n) is 6.06. The molecule has 1 amide bonds. The number of amides is 1. The van der Waals surface area contributed by atoms with E-state index in [1.807, 2.05) is 42.5 Å². The number of carbonyl (C=O) groups is 2. The molecular weight excluding hydrogens is 238 g/mol. The number of nitrogens with one attached hydrogen (secondary N) is 1. The highest BCUT2D eigenvalue weighted by Crippen LogP contribution is 2.26. The second-order valence-corrected chi connectivity index (χ2v) is 4.36. The van der Waals surface area contributed by atoms with Crippen LogP contribution >= 0.6 is 0 Å². The monoisotopic (exact) mass is 253 g/mol. The molecule has 3 heteroatoms. The summed E-state index contributed by atoms with van der Waals surface area (Å²) in [5.74, 6) is -0.254. The van der Waals surface area contributed by atoms with Crippen LogP contribution in [-0.4, -0.2) is 11.7 Å². The van der Waals surface area contributed by atoms with Gasteiger partial charge in [0.15, 0.2) is 5.78 Å². The molecule has 0 fully saturated rings. The van der Waals surface area contributed by atoms with Crippen LogP contribution < -0.4 is 5.32 Å². The predicted octanol–water partition coefficient (Wildman–Crippen LogP) is 3.51. The van der Waals surface area contributed by atoms with Gasteiger partial charge in [-0.05, 0) is 30.2 Å². The Kier molecular flexibility index (Phi) is 3.76. The van der Waals surface area contributed by atoms with Crippen LogP contribution in [0.5, 0.6) is 0 Å². The van der Waals surface area contributed by atoms with Gasteiger partial charge in [-0.3, -0.25) is 9.59 Å². The normalized spacial score (nSPS) is 10.0. The van der Waals surface area contributed by atoms with Gasteiger partial charge >= 0.3 is 0 Å². The summed E-state index contributed by atoms with van der Waals surface area (Å²) in [7, 11) is 0. The third-order valence-corrected chi connectivity index (χ3v) is 2.82. The second-order valence-electron chi connectivity index (χ2n) is 4.36. The van der Waals surface area contributed by atoms with E-state index in [9.17, 15) is 9.59 Å². The average Bonchev–Trinajstić information content (AvgIpc) is 2.38. The minimum atomic E-state index is -0.187. The zero-order valence-corrected chi connectivity index (χ0v) is 10.9. The number of rotatable bonds is 3. The molecule has 0 saturated heterocycles. The molecule has 0 spiro atoms. The number of benzene rings is 2. The molecule has 0 heterocycles. The van der Waals surface area contributed by atoms with Crippen molar-refractivity contribution in [2.45, 2.75) is 13.8 Å². The molecule has 2 rings (SSSR count). The lowest BCUT2D eigenvalue weighted by Crippen LogP contribution is -2.10. The van der Waals surface area contributed by atoms with Gasteiger partial charge in [-0.25, -0.2) is 0 Å². The molecule has 0 saturated carbocycles. The molecule has 2 aromatic carbocycles. The van der Waals surface area contributed by atoms with E-state index in [4.69, 9.17) is 0 Å². The number of hydrogen-bond acceptors (Lipinski definition) is 2. The predicted molar refractivity (Wildman–Crippen MR) is 76.2 cm³/mol. The van der Waals surface area contributed by atoms with Crippen LogP contribution in [0.4, 0.5) is 5.69 Å². The zero-order valence-electron chi connectivity index (χ0n) is 10.9. The summed E-state index contributed by atoms with van der Waals surface area (Å²) in [4.78, 5) is 22.8. The number of Topliss-reactive ketones (excluding diaryl/α,β-unsaturated/α-hetero) is 1. The van der Waals surface area contributed by atoms with Crippen LogP contribution in [0, 0.1) is 0 Å². The zero-order chi connectivity index (χ0) is 13.8. The summed E-state index contributed by atoms with van der Waals surface area (Å²) in [5.41, 5.74) is 3.09. The van der Waals surface area contributed by atoms with E-state index in [0.29, 0.717) is 11.3 Å². The molecule has 2 aromatic rings. The first-order chi connectivity index (χ1) is 9.08. The maximum Gasteiger partial charge on any atom is 0.221 e. The van der Waals surface area contributed by atoms with Crippen LogP contribution in [0.1, 0.15) is 24.2 Å². The molecular formula is C16H15NO2. The van der Waals surface area contributed by atoms with Gasteiger partial charge in [0.2, 0.25) is 5.91 Å². The molecule has 19 heavy (non-hydrogen) atoms. The molecule has 0 bridgehead atoms. The van der Waals surface area contributed by atoms with Crippen LogP contribution in [0.25, 0.3) is 11.1 Å². The summed E-state index contributed by atoms with van der Waals surface area (Å²) in [6, 6.07) is 15.3. The van der Waals surface area contributed by atoms with Gasteiger partial charge in [0.25, 0.3) is 0 Å². The van der Waals surface area contributed by atoms with Crippen molar-refractivity contribution in [2.75, 3.05) is 5.32 Å². The largest absolute Gasteiger partial charge is 0.326 e. The summed E-state index contributed by atoms with van der Waals surface area (Å²) in [5, 5.41) is 2.71. The molecule has 0 radical (unpaired) electrons. The fourth-order valence-corrected chi connectivity index (χ4v) is 1.95. The fourth-order valence-electron chi connectivity index (χ4n) is 1.95. The lowest BCUT2D eigenvalue weighted by Gasteiger charge is -2.10. The molecule has 96 valence electrons. The first kappa shape index (κ1) is 13.0. The van der Waals surface area contributed by atoms with Gasteiger partial charge in [-0.1, -0.05) is 36.4 Å². The smallest absolute Gasteiger partial charge is 0.221 e. The highest BCUT2D eigenvalue weighted by Gasteiger charge is 2.10. The van der Waals surface area contributed by atoms with E-state index in [1.54, 1.807) is 6.07 Å².